The zero-order chi connectivity index (χ0) is 6.04. The van der Waals surface area contributed by atoms with Crippen molar-refractivity contribution in [3.63, 3.8) is 0 Å². The second-order valence-corrected chi connectivity index (χ2v) is 2.44. The van der Waals surface area contributed by atoms with Crippen LogP contribution >= 0.6 is 0 Å². The van der Waals surface area contributed by atoms with Gasteiger partial charge in [-0.15, -0.1) is 6.58 Å². The van der Waals surface area contributed by atoms with Crippen LogP contribution in [0.4, 0.5) is 0 Å². The van der Waals surface area contributed by atoms with Gasteiger partial charge in [0.1, 0.15) is 0 Å². The van der Waals surface area contributed by atoms with E-state index in [9.17, 15) is 0 Å². The first kappa shape index (κ1) is 5.61. The van der Waals surface area contributed by atoms with Gasteiger partial charge in [-0.3, -0.25) is 0 Å². The molecule has 0 nitrogen and oxygen atoms in total. The molecule has 0 amide bonds. The summed E-state index contributed by atoms with van der Waals surface area (Å²) in [6.45, 7) is 5.82. The van der Waals surface area contributed by atoms with Gasteiger partial charge in [0.2, 0.25) is 0 Å². The molecule has 0 spiro atoms. The molecule has 1 saturated carbocycles. The van der Waals surface area contributed by atoms with Crippen LogP contribution in [0.25, 0.3) is 0 Å². The van der Waals surface area contributed by atoms with E-state index in [0.29, 0.717) is 5.41 Å². The molecule has 0 saturated heterocycles. The van der Waals surface area contributed by atoms with Crippen molar-refractivity contribution in [3.05, 3.63) is 24.8 Å². The van der Waals surface area contributed by atoms with E-state index in [0.717, 1.165) is 0 Å². The second-order valence-electron chi connectivity index (χ2n) is 2.44. The largest absolute Gasteiger partial charge is 0.102 e. The molecule has 0 unspecified atom stereocenters. The van der Waals surface area contributed by atoms with Crippen molar-refractivity contribution >= 4 is 0 Å². The van der Waals surface area contributed by atoms with Gasteiger partial charge in [-0.05, 0) is 19.8 Å². The SMILES string of the molecule is C=CC1(C=CC)CC1. The summed E-state index contributed by atoms with van der Waals surface area (Å²) in [5.41, 5.74) is 0.425. The normalized spacial score (nSPS) is 23.6. The summed E-state index contributed by atoms with van der Waals surface area (Å²) < 4.78 is 0. The molecule has 0 radical (unpaired) electrons. The minimum Gasteiger partial charge on any atom is -0.102 e. The Bertz CT molecular complexity index is 116. The van der Waals surface area contributed by atoms with Crippen molar-refractivity contribution in [2.45, 2.75) is 19.8 Å². The molecule has 0 aromatic heterocycles. The Morgan fingerprint density at radius 2 is 2.12 bits per heavy atom. The molecule has 0 heteroatoms. The molecule has 1 fully saturated rings. The fourth-order valence-corrected chi connectivity index (χ4v) is 0.915. The summed E-state index contributed by atoms with van der Waals surface area (Å²) in [5.74, 6) is 0. The molecule has 0 aliphatic heterocycles. The van der Waals surface area contributed by atoms with Gasteiger partial charge in [0.25, 0.3) is 0 Å². The average molecular weight is 108 g/mol. The smallest absolute Gasteiger partial charge is 0.00590 e. The predicted octanol–water partition coefficient (Wildman–Crippen LogP) is 2.53. The summed E-state index contributed by atoms with van der Waals surface area (Å²) in [4.78, 5) is 0. The highest BCUT2D eigenvalue weighted by Gasteiger charge is 2.35. The molecule has 0 bridgehead atoms. The lowest BCUT2D eigenvalue weighted by molar-refractivity contribution is 0.858. The maximum atomic E-state index is 3.76. The highest BCUT2D eigenvalue weighted by molar-refractivity contribution is 5.17. The van der Waals surface area contributed by atoms with Crippen LogP contribution < -0.4 is 0 Å². The lowest BCUT2D eigenvalue weighted by Crippen LogP contribution is -1.84. The van der Waals surface area contributed by atoms with Crippen LogP contribution in [0.3, 0.4) is 0 Å². The molecular weight excluding hydrogens is 96.1 g/mol. The summed E-state index contributed by atoms with van der Waals surface area (Å²) in [7, 11) is 0. The zero-order valence-electron chi connectivity index (χ0n) is 5.35. The Morgan fingerprint density at radius 1 is 1.50 bits per heavy atom. The van der Waals surface area contributed by atoms with E-state index in [4.69, 9.17) is 0 Å². The van der Waals surface area contributed by atoms with Crippen LogP contribution in [0.15, 0.2) is 24.8 Å². The Hall–Kier alpha value is -0.520. The Balaban J connectivity index is 2.53. The average Bonchev–Trinajstić information content (AvgIpc) is 2.50. The first-order valence-corrected chi connectivity index (χ1v) is 3.10. The number of allylic oxidation sites excluding steroid dienone is 3. The van der Waals surface area contributed by atoms with Crippen molar-refractivity contribution in [2.75, 3.05) is 0 Å². The quantitative estimate of drug-likeness (QED) is 0.477. The molecular formula is C8H12. The molecule has 8 heavy (non-hydrogen) atoms. The van der Waals surface area contributed by atoms with Crippen LogP contribution in [0, 0.1) is 5.41 Å². The number of hydrogen-bond donors (Lipinski definition) is 0. The fourth-order valence-electron chi connectivity index (χ4n) is 0.915. The zero-order valence-corrected chi connectivity index (χ0v) is 5.35. The predicted molar refractivity (Wildman–Crippen MR) is 36.7 cm³/mol. The lowest BCUT2D eigenvalue weighted by atomic mass is 10.1. The highest BCUT2D eigenvalue weighted by atomic mass is 14.4. The molecule has 1 aliphatic rings. The van der Waals surface area contributed by atoms with Gasteiger partial charge < -0.3 is 0 Å². The number of rotatable bonds is 2. The van der Waals surface area contributed by atoms with Gasteiger partial charge >= 0.3 is 0 Å². The van der Waals surface area contributed by atoms with Crippen molar-refractivity contribution in [1.29, 1.82) is 0 Å². The van der Waals surface area contributed by atoms with Crippen LogP contribution in [0.1, 0.15) is 19.8 Å². The Labute approximate surface area is 50.9 Å². The van der Waals surface area contributed by atoms with Crippen LogP contribution in [-0.4, -0.2) is 0 Å². The van der Waals surface area contributed by atoms with E-state index in [1.807, 2.05) is 6.08 Å². The second kappa shape index (κ2) is 1.77. The molecule has 0 heterocycles. The molecule has 0 aromatic carbocycles. The number of hydrogen-bond acceptors (Lipinski definition) is 0. The summed E-state index contributed by atoms with van der Waals surface area (Å²) in [6.07, 6.45) is 9.00. The van der Waals surface area contributed by atoms with Crippen LogP contribution in [0.2, 0.25) is 0 Å². The monoisotopic (exact) mass is 108 g/mol. The fraction of sp³-hybridized carbons (Fsp3) is 0.500. The maximum Gasteiger partial charge on any atom is 0.00590 e. The van der Waals surface area contributed by atoms with E-state index in [-0.39, 0.29) is 0 Å². The van der Waals surface area contributed by atoms with Gasteiger partial charge in [-0.1, -0.05) is 18.2 Å². The van der Waals surface area contributed by atoms with Crippen LogP contribution in [0.5, 0.6) is 0 Å². The van der Waals surface area contributed by atoms with E-state index in [1.54, 1.807) is 0 Å². The summed E-state index contributed by atoms with van der Waals surface area (Å²) >= 11 is 0. The molecule has 44 valence electrons. The molecule has 0 N–H and O–H groups in total. The van der Waals surface area contributed by atoms with E-state index < -0.39 is 0 Å². The molecule has 1 rings (SSSR count). The van der Waals surface area contributed by atoms with Gasteiger partial charge in [0.15, 0.2) is 0 Å². The topological polar surface area (TPSA) is 0 Å². The molecule has 0 aromatic rings. The standard InChI is InChI=1S/C8H12/c1-3-5-8(4-2)6-7-8/h3-5H,2,6-7H2,1H3. The van der Waals surface area contributed by atoms with E-state index in [2.05, 4.69) is 25.7 Å². The van der Waals surface area contributed by atoms with E-state index >= 15 is 0 Å². The third-order valence-corrected chi connectivity index (χ3v) is 1.73. The third-order valence-electron chi connectivity index (χ3n) is 1.73. The lowest BCUT2D eigenvalue weighted by Gasteiger charge is -1.96. The van der Waals surface area contributed by atoms with Crippen molar-refractivity contribution in [1.82, 2.24) is 0 Å². The van der Waals surface area contributed by atoms with Crippen molar-refractivity contribution < 1.29 is 0 Å². The van der Waals surface area contributed by atoms with Crippen LogP contribution in [-0.2, 0) is 0 Å². The summed E-state index contributed by atoms with van der Waals surface area (Å²) in [6, 6.07) is 0. The Morgan fingerprint density at radius 3 is 2.25 bits per heavy atom. The molecule has 0 atom stereocenters. The minimum absolute atomic E-state index is 0.425. The molecule has 1 aliphatic carbocycles. The van der Waals surface area contributed by atoms with Gasteiger partial charge in [0, 0.05) is 5.41 Å². The third kappa shape index (κ3) is 0.835. The Kier molecular flexibility index (Phi) is 1.24. The first-order valence-electron chi connectivity index (χ1n) is 3.10. The van der Waals surface area contributed by atoms with E-state index in [1.165, 1.54) is 12.8 Å². The minimum atomic E-state index is 0.425. The van der Waals surface area contributed by atoms with Gasteiger partial charge in [-0.25, -0.2) is 0 Å². The van der Waals surface area contributed by atoms with Crippen molar-refractivity contribution in [3.8, 4) is 0 Å². The van der Waals surface area contributed by atoms with Gasteiger partial charge in [0.05, 0.1) is 0 Å². The van der Waals surface area contributed by atoms with Gasteiger partial charge in [-0.2, -0.15) is 0 Å². The maximum absolute atomic E-state index is 3.76. The first-order chi connectivity index (χ1) is 3.83. The summed E-state index contributed by atoms with van der Waals surface area (Å²) in [5, 5.41) is 0. The van der Waals surface area contributed by atoms with Crippen molar-refractivity contribution in [2.24, 2.45) is 5.41 Å². The highest BCUT2D eigenvalue weighted by Crippen LogP contribution is 2.47.